The SMILES string of the molecule is CCCC.Cc1cccc(N2CCN(C3COC3)CC2)c1. The molecule has 0 bridgehead atoms. The highest BCUT2D eigenvalue weighted by Gasteiger charge is 2.28. The molecule has 0 radical (unpaired) electrons. The molecule has 1 aromatic carbocycles. The fraction of sp³-hybridized carbons (Fsp3) is 0.667. The lowest BCUT2D eigenvalue weighted by Gasteiger charge is -2.43. The van der Waals surface area contributed by atoms with Gasteiger partial charge in [-0.05, 0) is 24.6 Å². The van der Waals surface area contributed by atoms with Gasteiger partial charge < -0.3 is 9.64 Å². The highest BCUT2D eigenvalue weighted by Crippen LogP contribution is 2.20. The van der Waals surface area contributed by atoms with Crippen molar-refractivity contribution >= 4 is 5.69 Å². The van der Waals surface area contributed by atoms with Crippen molar-refractivity contribution in [2.45, 2.75) is 39.7 Å². The Labute approximate surface area is 129 Å². The molecule has 3 rings (SSSR count). The number of hydrogen-bond acceptors (Lipinski definition) is 3. The van der Waals surface area contributed by atoms with Gasteiger partial charge >= 0.3 is 0 Å². The van der Waals surface area contributed by atoms with E-state index in [9.17, 15) is 0 Å². The molecule has 0 aromatic heterocycles. The minimum Gasteiger partial charge on any atom is -0.378 e. The zero-order valence-electron chi connectivity index (χ0n) is 13.8. The monoisotopic (exact) mass is 290 g/mol. The van der Waals surface area contributed by atoms with Crippen LogP contribution in [0.1, 0.15) is 32.3 Å². The van der Waals surface area contributed by atoms with Crippen LogP contribution in [0.2, 0.25) is 0 Å². The highest BCUT2D eigenvalue weighted by atomic mass is 16.5. The standard InChI is InChI=1S/C14H20N2O.C4H10/c1-12-3-2-4-13(9-12)15-5-7-16(8-6-15)14-10-17-11-14;1-3-4-2/h2-4,9,14H,5-8,10-11H2,1H3;3-4H2,1-2H3. The Kier molecular flexibility index (Phi) is 6.52. The van der Waals surface area contributed by atoms with Crippen LogP contribution in [0.25, 0.3) is 0 Å². The second kappa shape index (κ2) is 8.40. The molecule has 118 valence electrons. The molecular formula is C18H30N2O. The van der Waals surface area contributed by atoms with Gasteiger partial charge in [0.05, 0.1) is 19.3 Å². The third kappa shape index (κ3) is 4.72. The van der Waals surface area contributed by atoms with E-state index in [1.165, 1.54) is 37.2 Å². The van der Waals surface area contributed by atoms with Gasteiger partial charge in [-0.3, -0.25) is 4.90 Å². The lowest BCUT2D eigenvalue weighted by Crippen LogP contribution is -2.56. The van der Waals surface area contributed by atoms with Crippen LogP contribution in [0.15, 0.2) is 24.3 Å². The highest BCUT2D eigenvalue weighted by molar-refractivity contribution is 5.48. The van der Waals surface area contributed by atoms with Gasteiger partial charge in [-0.25, -0.2) is 0 Å². The van der Waals surface area contributed by atoms with Crippen molar-refractivity contribution in [3.05, 3.63) is 29.8 Å². The third-order valence-electron chi connectivity index (χ3n) is 4.32. The summed E-state index contributed by atoms with van der Waals surface area (Å²) in [6.07, 6.45) is 2.64. The molecule has 2 aliphatic heterocycles. The lowest BCUT2D eigenvalue weighted by molar-refractivity contribution is -0.0660. The van der Waals surface area contributed by atoms with Crippen LogP contribution in [-0.4, -0.2) is 50.3 Å². The van der Waals surface area contributed by atoms with Gasteiger partial charge in [-0.2, -0.15) is 0 Å². The number of unbranched alkanes of at least 4 members (excludes halogenated alkanes) is 1. The first-order valence-corrected chi connectivity index (χ1v) is 8.38. The Morgan fingerprint density at radius 2 is 1.71 bits per heavy atom. The second-order valence-corrected chi connectivity index (χ2v) is 6.05. The molecule has 0 amide bonds. The molecule has 1 aromatic rings. The molecular weight excluding hydrogens is 260 g/mol. The lowest BCUT2D eigenvalue weighted by atomic mass is 10.1. The summed E-state index contributed by atoms with van der Waals surface area (Å²) >= 11 is 0. The van der Waals surface area contributed by atoms with Crippen LogP contribution in [0.4, 0.5) is 5.69 Å². The first-order valence-electron chi connectivity index (χ1n) is 8.38. The molecule has 21 heavy (non-hydrogen) atoms. The van der Waals surface area contributed by atoms with Crippen LogP contribution in [0.5, 0.6) is 0 Å². The summed E-state index contributed by atoms with van der Waals surface area (Å²) in [6, 6.07) is 9.49. The van der Waals surface area contributed by atoms with Crippen LogP contribution in [0, 0.1) is 6.92 Å². The summed E-state index contributed by atoms with van der Waals surface area (Å²) < 4.78 is 5.26. The topological polar surface area (TPSA) is 15.7 Å². The van der Waals surface area contributed by atoms with E-state index < -0.39 is 0 Å². The van der Waals surface area contributed by atoms with E-state index in [1.54, 1.807) is 0 Å². The minimum atomic E-state index is 0.689. The van der Waals surface area contributed by atoms with Crippen LogP contribution in [0.3, 0.4) is 0 Å². The maximum absolute atomic E-state index is 5.26. The van der Waals surface area contributed by atoms with Gasteiger partial charge in [0.2, 0.25) is 0 Å². The maximum atomic E-state index is 5.26. The van der Waals surface area contributed by atoms with Gasteiger partial charge in [-0.1, -0.05) is 38.8 Å². The van der Waals surface area contributed by atoms with Crippen molar-refractivity contribution < 1.29 is 4.74 Å². The number of nitrogens with zero attached hydrogens (tertiary/aromatic N) is 2. The Morgan fingerprint density at radius 3 is 2.19 bits per heavy atom. The molecule has 0 aliphatic carbocycles. The minimum absolute atomic E-state index is 0.689. The molecule has 0 atom stereocenters. The predicted octanol–water partition coefficient (Wildman–Crippen LogP) is 3.32. The van der Waals surface area contributed by atoms with E-state index in [4.69, 9.17) is 4.74 Å². The average Bonchev–Trinajstić information content (AvgIpc) is 2.46. The van der Waals surface area contributed by atoms with E-state index in [0.29, 0.717) is 6.04 Å². The van der Waals surface area contributed by atoms with Crippen molar-refractivity contribution in [3.63, 3.8) is 0 Å². The number of aryl methyl sites for hydroxylation is 1. The zero-order valence-corrected chi connectivity index (χ0v) is 13.8. The summed E-state index contributed by atoms with van der Waals surface area (Å²) in [5.41, 5.74) is 2.71. The predicted molar refractivity (Wildman–Crippen MR) is 90.2 cm³/mol. The Bertz CT molecular complexity index is 407. The molecule has 0 spiro atoms. The van der Waals surface area contributed by atoms with Crippen molar-refractivity contribution in [2.75, 3.05) is 44.3 Å². The maximum Gasteiger partial charge on any atom is 0.0645 e. The molecule has 3 nitrogen and oxygen atoms in total. The molecule has 2 fully saturated rings. The first-order chi connectivity index (χ1) is 10.2. The van der Waals surface area contributed by atoms with Crippen molar-refractivity contribution in [1.29, 1.82) is 0 Å². The summed E-state index contributed by atoms with van der Waals surface area (Å²) in [4.78, 5) is 5.05. The summed E-state index contributed by atoms with van der Waals surface area (Å²) in [5.74, 6) is 0. The van der Waals surface area contributed by atoms with E-state index in [1.807, 2.05) is 0 Å². The second-order valence-electron chi connectivity index (χ2n) is 6.05. The van der Waals surface area contributed by atoms with Gasteiger partial charge in [0.25, 0.3) is 0 Å². The van der Waals surface area contributed by atoms with Crippen molar-refractivity contribution in [3.8, 4) is 0 Å². The number of ether oxygens (including phenoxy) is 1. The average molecular weight is 290 g/mol. The van der Waals surface area contributed by atoms with Gasteiger partial charge in [0.15, 0.2) is 0 Å². The molecule has 0 saturated carbocycles. The fourth-order valence-electron chi connectivity index (χ4n) is 2.60. The van der Waals surface area contributed by atoms with Gasteiger partial charge in [0.1, 0.15) is 0 Å². The molecule has 0 N–H and O–H groups in total. The normalized spacial score (nSPS) is 19.7. The molecule has 0 unspecified atom stereocenters. The van der Waals surface area contributed by atoms with Gasteiger partial charge in [-0.15, -0.1) is 0 Å². The molecule has 2 heterocycles. The van der Waals surface area contributed by atoms with E-state index in [-0.39, 0.29) is 0 Å². The Morgan fingerprint density at radius 1 is 1.05 bits per heavy atom. The Balaban J connectivity index is 0.000000361. The number of hydrogen-bond donors (Lipinski definition) is 0. The van der Waals surface area contributed by atoms with Crippen molar-refractivity contribution in [1.82, 2.24) is 4.90 Å². The van der Waals surface area contributed by atoms with Crippen LogP contribution < -0.4 is 4.90 Å². The summed E-state index contributed by atoms with van der Waals surface area (Å²) in [6.45, 7) is 13.0. The first kappa shape index (κ1) is 16.3. The van der Waals surface area contributed by atoms with E-state index in [0.717, 1.165) is 26.3 Å². The third-order valence-corrected chi connectivity index (χ3v) is 4.32. The number of benzene rings is 1. The number of rotatable bonds is 3. The van der Waals surface area contributed by atoms with Crippen LogP contribution in [-0.2, 0) is 4.74 Å². The smallest absolute Gasteiger partial charge is 0.0645 e. The van der Waals surface area contributed by atoms with Gasteiger partial charge in [0, 0.05) is 31.9 Å². The van der Waals surface area contributed by atoms with E-state index in [2.05, 4.69) is 54.8 Å². The molecule has 2 saturated heterocycles. The molecule has 3 heteroatoms. The Hall–Kier alpha value is -1.06. The van der Waals surface area contributed by atoms with Crippen molar-refractivity contribution in [2.24, 2.45) is 0 Å². The summed E-state index contributed by atoms with van der Waals surface area (Å²) in [5, 5.41) is 0. The number of piperazine rings is 1. The van der Waals surface area contributed by atoms with Crippen LogP contribution >= 0.6 is 0 Å². The van der Waals surface area contributed by atoms with E-state index >= 15 is 0 Å². The summed E-state index contributed by atoms with van der Waals surface area (Å²) in [7, 11) is 0. The number of anilines is 1. The zero-order chi connectivity index (χ0) is 15.1. The quantitative estimate of drug-likeness (QED) is 0.849. The molecule has 2 aliphatic rings. The fourth-order valence-corrected chi connectivity index (χ4v) is 2.60. The largest absolute Gasteiger partial charge is 0.378 e.